The Morgan fingerprint density at radius 1 is 0.712 bits per heavy atom. The van der Waals surface area contributed by atoms with Crippen LogP contribution in [0.15, 0.2) is 0 Å². The van der Waals surface area contributed by atoms with Crippen molar-refractivity contribution >= 4 is 36.7 Å². The van der Waals surface area contributed by atoms with Gasteiger partial charge in [-0.25, -0.2) is 0 Å². The van der Waals surface area contributed by atoms with Gasteiger partial charge in [0.2, 0.25) is 23.6 Å². The number of amides is 5. The number of carbonyl (C=O) groups is 5. The number of carbonyl (C=O) groups excluding carboxylic acids is 5. The first-order chi connectivity index (χ1) is 28.0. The summed E-state index contributed by atoms with van der Waals surface area (Å²) in [5.74, 6) is -2.52. The quantitative estimate of drug-likeness (QED) is 0.0288. The molecule has 2 unspecified atom stereocenters. The molecule has 59 heavy (non-hydrogen) atoms. The smallest absolute Gasteiger partial charge is 0.403 e. The first-order valence-corrected chi connectivity index (χ1v) is 22.4. The average molecular weight is 836 g/mol. The summed E-state index contributed by atoms with van der Waals surface area (Å²) in [4.78, 5) is 66.6. The van der Waals surface area contributed by atoms with E-state index in [1.54, 1.807) is 0 Å². The topological polar surface area (TPSA) is 288 Å². The zero-order valence-electron chi connectivity index (χ0n) is 36.5. The molecule has 17 nitrogen and oxygen atoms in total. The molecule has 1 saturated heterocycles. The predicted molar refractivity (Wildman–Crippen MR) is 227 cm³/mol. The molecule has 0 aromatic heterocycles. The van der Waals surface area contributed by atoms with Crippen molar-refractivity contribution in [2.24, 2.45) is 40.2 Å². The number of aliphatic hydroxyl groups excluding tert-OH is 1. The van der Waals surface area contributed by atoms with Gasteiger partial charge in [-0.2, -0.15) is 0 Å². The molecule has 0 aromatic rings. The molecule has 1 aliphatic heterocycles. The van der Waals surface area contributed by atoms with Crippen LogP contribution >= 0.6 is 0 Å². The van der Waals surface area contributed by atoms with E-state index in [9.17, 15) is 29.1 Å². The lowest BCUT2D eigenvalue weighted by Crippen LogP contribution is -2.65. The van der Waals surface area contributed by atoms with Crippen molar-refractivity contribution < 1.29 is 38.4 Å². The van der Waals surface area contributed by atoms with E-state index in [1.165, 1.54) is 39.0 Å². The maximum absolute atomic E-state index is 13.6. The van der Waals surface area contributed by atoms with E-state index in [1.807, 2.05) is 6.92 Å². The summed E-state index contributed by atoms with van der Waals surface area (Å²) in [6.45, 7) is 10.8. The van der Waals surface area contributed by atoms with Crippen LogP contribution in [0.5, 0.6) is 0 Å². The molecule has 4 fully saturated rings. The first kappa shape index (κ1) is 50.5. The van der Waals surface area contributed by atoms with Crippen LogP contribution in [-0.2, 0) is 33.3 Å². The molecule has 14 N–H and O–H groups in total. The predicted octanol–water partition coefficient (Wildman–Crippen LogP) is 1.07. The Labute approximate surface area is 352 Å². The molecule has 3 saturated carbocycles. The van der Waals surface area contributed by atoms with Gasteiger partial charge in [-0.05, 0) is 102 Å². The van der Waals surface area contributed by atoms with E-state index in [-0.39, 0.29) is 36.7 Å². The van der Waals surface area contributed by atoms with Crippen LogP contribution in [0.1, 0.15) is 150 Å². The van der Waals surface area contributed by atoms with Gasteiger partial charge in [0.15, 0.2) is 6.17 Å². The second-order valence-electron chi connectivity index (χ2n) is 17.9. The minimum Gasteiger partial charge on any atom is -0.403 e. The zero-order valence-corrected chi connectivity index (χ0v) is 36.5. The molecule has 0 spiro atoms. The number of hydrogen-bond acceptors (Lipinski definition) is 12. The molecule has 5 amide bonds. The van der Waals surface area contributed by atoms with Gasteiger partial charge in [0.25, 0.3) is 5.91 Å². The second-order valence-corrected chi connectivity index (χ2v) is 17.9. The van der Waals surface area contributed by atoms with E-state index in [4.69, 9.17) is 32.2 Å². The third kappa shape index (κ3) is 14.6. The Bertz CT molecular complexity index is 1360. The highest BCUT2D eigenvalue weighted by molar-refractivity contribution is 6.47. The average Bonchev–Trinajstić information content (AvgIpc) is 3.55. The van der Waals surface area contributed by atoms with Crippen LogP contribution in [0.2, 0.25) is 0 Å². The second kappa shape index (κ2) is 24.5. The van der Waals surface area contributed by atoms with Crippen LogP contribution in [0.4, 0.5) is 0 Å². The van der Waals surface area contributed by atoms with Crippen LogP contribution in [-0.4, -0.2) is 103 Å². The van der Waals surface area contributed by atoms with Crippen LogP contribution < -0.4 is 49.5 Å². The molecule has 3 aliphatic carbocycles. The van der Waals surface area contributed by atoms with Crippen molar-refractivity contribution in [1.82, 2.24) is 26.6 Å². The standard InChI is InChI=1S/C41H78BN9O8/c1-6-7-8-9-10-11-12-13-14-21-32(53)47-28(19-15-17-22-43)35(54)49-33(26(2)52)37(56)50-34(45)38(57)48-29(20-16-18-23-44)36(55)51-39(46)42-58-31-25-27-24-30(40(27,3)4)41(31,5)59-42/h26-31,33-34,39,52H,6-25,43-46H2,1-5H3,(H,47,53)(H,48,57)(H,49,54)(H,50,56)(H,51,55)/t26?,27-,28-,29-,30-,31?,33-,34+,39+,41-/m0/s1. The SMILES string of the molecule is CCCCCCCCCCCC(=O)N[C@@H](CCCCN)C(=O)N[C@H](C(=O)N[C@@H](N)C(=O)N[C@@H](CCCCN)C(=O)N[C@@H](N)B1OC2C[C@@H]3C[C@@H](C3(C)C)[C@]2(C)O1)C(C)O. The highest BCUT2D eigenvalue weighted by Gasteiger charge is 2.68. The van der Waals surface area contributed by atoms with Gasteiger partial charge < -0.3 is 63.9 Å². The van der Waals surface area contributed by atoms with Crippen molar-refractivity contribution in [1.29, 1.82) is 0 Å². The molecule has 4 aliphatic rings. The highest BCUT2D eigenvalue weighted by atomic mass is 16.7. The molecule has 0 aromatic carbocycles. The summed E-state index contributed by atoms with van der Waals surface area (Å²) in [6, 6.07) is -4.60. The maximum atomic E-state index is 13.6. The summed E-state index contributed by atoms with van der Waals surface area (Å²) < 4.78 is 12.6. The van der Waals surface area contributed by atoms with Gasteiger partial charge in [0.1, 0.15) is 24.2 Å². The molecule has 1 heterocycles. The third-order valence-corrected chi connectivity index (χ3v) is 12.9. The summed E-state index contributed by atoms with van der Waals surface area (Å²) in [5.41, 5.74) is 23.5. The number of rotatable bonds is 29. The molecule has 2 bridgehead atoms. The molecule has 0 radical (unpaired) electrons. The zero-order chi connectivity index (χ0) is 43.8. The normalized spacial score (nSPS) is 24.6. The van der Waals surface area contributed by atoms with Crippen LogP contribution in [0, 0.1) is 17.3 Å². The minimum absolute atomic E-state index is 0.126. The number of nitrogens with two attached hydrogens (primary N) is 4. The molecular weight excluding hydrogens is 757 g/mol. The van der Waals surface area contributed by atoms with Crippen molar-refractivity contribution in [2.75, 3.05) is 13.1 Å². The lowest BCUT2D eigenvalue weighted by atomic mass is 9.43. The van der Waals surface area contributed by atoms with E-state index in [2.05, 4.69) is 47.4 Å². The Kier molecular flexibility index (Phi) is 21.0. The Hall–Kier alpha value is -2.87. The van der Waals surface area contributed by atoms with Crippen molar-refractivity contribution in [3.8, 4) is 0 Å². The number of hydrogen-bond donors (Lipinski definition) is 10. The number of nitrogens with one attached hydrogen (secondary N) is 5. The monoisotopic (exact) mass is 836 g/mol. The van der Waals surface area contributed by atoms with Gasteiger partial charge in [0.05, 0.1) is 17.8 Å². The third-order valence-electron chi connectivity index (χ3n) is 12.9. The maximum Gasteiger partial charge on any atom is 0.497 e. The summed E-state index contributed by atoms with van der Waals surface area (Å²) in [7, 11) is -0.882. The van der Waals surface area contributed by atoms with E-state index in [0.717, 1.165) is 32.1 Å². The Balaban J connectivity index is 1.54. The number of aliphatic hydroxyl groups is 1. The first-order valence-electron chi connectivity index (χ1n) is 22.4. The van der Waals surface area contributed by atoms with Crippen molar-refractivity contribution in [2.45, 2.75) is 198 Å². The van der Waals surface area contributed by atoms with Crippen molar-refractivity contribution in [3.05, 3.63) is 0 Å². The van der Waals surface area contributed by atoms with E-state index in [0.29, 0.717) is 57.0 Å². The van der Waals surface area contributed by atoms with Gasteiger partial charge in [-0.1, -0.05) is 72.1 Å². The van der Waals surface area contributed by atoms with E-state index < -0.39 is 72.8 Å². The minimum atomic E-state index is -1.66. The number of unbranched alkanes of at least 4 members (excludes halogenated alkanes) is 10. The lowest BCUT2D eigenvalue weighted by Gasteiger charge is -2.64. The van der Waals surface area contributed by atoms with Gasteiger partial charge in [-0.3, -0.25) is 24.0 Å². The molecule has 4 rings (SSSR count). The lowest BCUT2D eigenvalue weighted by molar-refractivity contribution is -0.199. The molecule has 338 valence electrons. The fraction of sp³-hybridized carbons (Fsp3) is 0.878. The molecular formula is C41H78BN9O8. The van der Waals surface area contributed by atoms with E-state index >= 15 is 0 Å². The Morgan fingerprint density at radius 3 is 1.83 bits per heavy atom. The summed E-state index contributed by atoms with van der Waals surface area (Å²) in [5, 5.41) is 23.5. The molecule has 18 heteroatoms. The summed E-state index contributed by atoms with van der Waals surface area (Å²) in [6.07, 6.45) is 11.7. The largest absolute Gasteiger partial charge is 0.497 e. The van der Waals surface area contributed by atoms with Crippen LogP contribution in [0.3, 0.4) is 0 Å². The highest BCUT2D eigenvalue weighted by Crippen LogP contribution is 2.65. The van der Waals surface area contributed by atoms with Gasteiger partial charge in [0, 0.05) is 6.42 Å². The fourth-order valence-corrected chi connectivity index (χ4v) is 9.00. The Morgan fingerprint density at radius 2 is 1.27 bits per heavy atom. The fourth-order valence-electron chi connectivity index (χ4n) is 9.00. The van der Waals surface area contributed by atoms with Gasteiger partial charge in [-0.15, -0.1) is 0 Å². The van der Waals surface area contributed by atoms with Crippen molar-refractivity contribution in [3.63, 3.8) is 0 Å². The molecule has 10 atom stereocenters. The van der Waals surface area contributed by atoms with Crippen LogP contribution in [0.25, 0.3) is 0 Å². The van der Waals surface area contributed by atoms with Gasteiger partial charge >= 0.3 is 7.12 Å². The summed E-state index contributed by atoms with van der Waals surface area (Å²) >= 11 is 0.